The Morgan fingerprint density at radius 2 is 1.45 bits per heavy atom. The quantitative estimate of drug-likeness (QED) is 0.416. The molecule has 2 amide bonds. The molecule has 0 aromatic heterocycles. The highest BCUT2D eigenvalue weighted by atomic mass is 79.9. The zero-order valence-electron chi connectivity index (χ0n) is 16.9. The minimum Gasteiger partial charge on any atom is -0.326 e. The maximum Gasteiger partial charge on any atom is 0.227 e. The van der Waals surface area contributed by atoms with Gasteiger partial charge in [0.25, 0.3) is 0 Å². The van der Waals surface area contributed by atoms with Gasteiger partial charge in [-0.15, -0.1) is 0 Å². The number of aryl methyl sites for hydroxylation is 2. The summed E-state index contributed by atoms with van der Waals surface area (Å²) in [5, 5.41) is 2.83. The summed E-state index contributed by atoms with van der Waals surface area (Å²) in [4.78, 5) is 25.0. The molecule has 5 rings (SSSR count). The van der Waals surface area contributed by atoms with Crippen molar-refractivity contribution in [3.63, 3.8) is 0 Å². The summed E-state index contributed by atoms with van der Waals surface area (Å²) in [7, 11) is 0. The van der Waals surface area contributed by atoms with Crippen molar-refractivity contribution in [2.24, 2.45) is 0 Å². The van der Waals surface area contributed by atoms with E-state index >= 15 is 0 Å². The molecule has 0 bridgehead atoms. The Bertz CT molecular complexity index is 1120. The number of hydrogen-bond donors (Lipinski definition) is 1. The maximum atomic E-state index is 12.2. The Balaban J connectivity index is 0.000000166. The van der Waals surface area contributed by atoms with Gasteiger partial charge in [0, 0.05) is 33.2 Å². The highest BCUT2D eigenvalue weighted by Crippen LogP contribution is 2.31. The van der Waals surface area contributed by atoms with Crippen LogP contribution in [0.3, 0.4) is 0 Å². The van der Waals surface area contributed by atoms with Gasteiger partial charge in [-0.05, 0) is 65.9 Å². The van der Waals surface area contributed by atoms with Gasteiger partial charge in [-0.25, -0.2) is 0 Å². The molecule has 3 aromatic rings. The second kappa shape index (κ2) is 9.79. The summed E-state index contributed by atoms with van der Waals surface area (Å²) in [5.74, 6) is 0.323. The summed E-state index contributed by atoms with van der Waals surface area (Å²) in [5.41, 5.74) is 5.61. The molecular formula is C25H22Br2N2O2. The fourth-order valence-electron chi connectivity index (χ4n) is 3.82. The van der Waals surface area contributed by atoms with Crippen LogP contribution in [-0.4, -0.2) is 11.8 Å². The van der Waals surface area contributed by atoms with Crippen LogP contribution in [0, 0.1) is 0 Å². The average Bonchev–Trinajstić information content (AvgIpc) is 2.77. The van der Waals surface area contributed by atoms with Crippen LogP contribution in [0.2, 0.25) is 0 Å². The lowest BCUT2D eigenvalue weighted by molar-refractivity contribution is -0.119. The number of carbonyl (C=O) groups is 2. The molecule has 1 N–H and O–H groups in total. The van der Waals surface area contributed by atoms with E-state index in [9.17, 15) is 9.59 Å². The molecule has 0 saturated heterocycles. The van der Waals surface area contributed by atoms with Gasteiger partial charge in [-0.3, -0.25) is 9.59 Å². The van der Waals surface area contributed by atoms with Crippen molar-refractivity contribution in [2.45, 2.75) is 32.2 Å². The first kappa shape index (κ1) is 21.8. The molecule has 2 aliphatic heterocycles. The van der Waals surface area contributed by atoms with Crippen molar-refractivity contribution in [1.82, 2.24) is 0 Å². The van der Waals surface area contributed by atoms with Crippen molar-refractivity contribution in [2.75, 3.05) is 10.2 Å². The first-order valence-corrected chi connectivity index (χ1v) is 11.8. The van der Waals surface area contributed by atoms with Crippen molar-refractivity contribution >= 4 is 55.0 Å². The van der Waals surface area contributed by atoms with Crippen LogP contribution in [0.4, 0.5) is 11.4 Å². The largest absolute Gasteiger partial charge is 0.326 e. The minimum absolute atomic E-state index is 0.116. The average molecular weight is 542 g/mol. The normalized spacial score (nSPS) is 14.7. The molecule has 31 heavy (non-hydrogen) atoms. The van der Waals surface area contributed by atoms with E-state index in [1.807, 2.05) is 47.4 Å². The summed E-state index contributed by atoms with van der Waals surface area (Å²) in [6.07, 6.45) is 2.87. The number of nitrogens with one attached hydrogen (secondary N) is 1. The number of fused-ring (bicyclic) bond motifs is 2. The van der Waals surface area contributed by atoms with Gasteiger partial charge in [-0.1, -0.05) is 62.2 Å². The van der Waals surface area contributed by atoms with Gasteiger partial charge >= 0.3 is 0 Å². The zero-order valence-corrected chi connectivity index (χ0v) is 20.1. The molecule has 0 spiro atoms. The van der Waals surface area contributed by atoms with E-state index in [0.29, 0.717) is 19.4 Å². The Labute approximate surface area is 198 Å². The van der Waals surface area contributed by atoms with E-state index in [4.69, 9.17) is 0 Å². The van der Waals surface area contributed by atoms with Gasteiger partial charge in [0.05, 0.1) is 6.54 Å². The third kappa shape index (κ3) is 5.43. The Kier molecular flexibility index (Phi) is 6.88. The first-order chi connectivity index (χ1) is 15.0. The maximum absolute atomic E-state index is 12.2. The van der Waals surface area contributed by atoms with E-state index in [2.05, 4.69) is 61.4 Å². The van der Waals surface area contributed by atoms with Crippen LogP contribution >= 0.6 is 31.9 Å². The van der Waals surface area contributed by atoms with Gasteiger partial charge < -0.3 is 10.2 Å². The van der Waals surface area contributed by atoms with Gasteiger partial charge in [-0.2, -0.15) is 0 Å². The molecule has 0 radical (unpaired) electrons. The molecule has 6 heteroatoms. The lowest BCUT2D eigenvalue weighted by Crippen LogP contribution is -2.34. The van der Waals surface area contributed by atoms with Crippen molar-refractivity contribution in [3.8, 4) is 0 Å². The fraction of sp³-hybridized carbons (Fsp3) is 0.200. The van der Waals surface area contributed by atoms with Crippen LogP contribution < -0.4 is 10.2 Å². The van der Waals surface area contributed by atoms with E-state index in [1.165, 1.54) is 11.1 Å². The molecule has 4 nitrogen and oxygen atoms in total. The molecule has 2 aliphatic rings. The van der Waals surface area contributed by atoms with Crippen molar-refractivity contribution < 1.29 is 9.59 Å². The zero-order chi connectivity index (χ0) is 21.8. The van der Waals surface area contributed by atoms with Crippen LogP contribution in [0.1, 0.15) is 29.5 Å². The molecule has 3 aromatic carbocycles. The Morgan fingerprint density at radius 1 is 0.774 bits per heavy atom. The highest BCUT2D eigenvalue weighted by molar-refractivity contribution is 9.10. The number of amides is 2. The monoisotopic (exact) mass is 540 g/mol. The Hall–Kier alpha value is -2.44. The second-order valence-corrected chi connectivity index (χ2v) is 9.42. The van der Waals surface area contributed by atoms with Crippen LogP contribution in [0.25, 0.3) is 0 Å². The number of anilines is 2. The van der Waals surface area contributed by atoms with E-state index in [1.54, 1.807) is 0 Å². The molecule has 0 unspecified atom stereocenters. The SMILES string of the molecule is O=C1CCc2cc(Br)ccc2N1.O=C1CCc2cc(Br)ccc2N1Cc1ccccc1. The summed E-state index contributed by atoms with van der Waals surface area (Å²) in [6.45, 7) is 0.647. The summed E-state index contributed by atoms with van der Waals surface area (Å²) < 4.78 is 2.14. The number of benzene rings is 3. The van der Waals surface area contributed by atoms with Crippen molar-refractivity contribution in [1.29, 1.82) is 0 Å². The topological polar surface area (TPSA) is 49.4 Å². The third-order valence-electron chi connectivity index (χ3n) is 5.39. The standard InChI is InChI=1S/C16H14BrNO.C9H8BrNO/c17-14-7-8-15-13(10-14)6-9-16(19)18(15)11-12-4-2-1-3-5-12;10-7-2-3-8-6(5-7)1-4-9(12)11-8/h1-5,7-8,10H,6,9,11H2;2-3,5H,1,4H2,(H,11,12). The summed E-state index contributed by atoms with van der Waals surface area (Å²) in [6, 6.07) is 22.2. The number of nitrogens with zero attached hydrogens (tertiary/aromatic N) is 1. The lowest BCUT2D eigenvalue weighted by atomic mass is 10.0. The van der Waals surface area contributed by atoms with Crippen LogP contribution in [0.5, 0.6) is 0 Å². The van der Waals surface area contributed by atoms with Gasteiger partial charge in [0.2, 0.25) is 11.8 Å². The van der Waals surface area contributed by atoms with Gasteiger partial charge in [0.15, 0.2) is 0 Å². The first-order valence-electron chi connectivity index (χ1n) is 10.2. The fourth-order valence-corrected chi connectivity index (χ4v) is 4.64. The lowest BCUT2D eigenvalue weighted by Gasteiger charge is -2.29. The molecule has 0 saturated carbocycles. The highest BCUT2D eigenvalue weighted by Gasteiger charge is 2.24. The minimum atomic E-state index is 0.116. The number of carbonyl (C=O) groups excluding carboxylic acids is 2. The van der Waals surface area contributed by atoms with E-state index in [-0.39, 0.29) is 11.8 Å². The third-order valence-corrected chi connectivity index (χ3v) is 6.37. The van der Waals surface area contributed by atoms with E-state index < -0.39 is 0 Å². The predicted octanol–water partition coefficient (Wildman–Crippen LogP) is 6.26. The van der Waals surface area contributed by atoms with Crippen LogP contribution in [0.15, 0.2) is 75.7 Å². The molecule has 0 aliphatic carbocycles. The molecule has 0 atom stereocenters. The molecule has 0 fully saturated rings. The number of hydrogen-bond acceptors (Lipinski definition) is 2. The van der Waals surface area contributed by atoms with Gasteiger partial charge in [0.1, 0.15) is 0 Å². The van der Waals surface area contributed by atoms with Crippen LogP contribution in [-0.2, 0) is 29.0 Å². The second-order valence-electron chi connectivity index (χ2n) is 7.59. The molecular weight excluding hydrogens is 520 g/mol. The molecule has 158 valence electrons. The Morgan fingerprint density at radius 3 is 2.23 bits per heavy atom. The predicted molar refractivity (Wildman–Crippen MR) is 131 cm³/mol. The number of halogens is 2. The smallest absolute Gasteiger partial charge is 0.227 e. The van der Waals surface area contributed by atoms with E-state index in [0.717, 1.165) is 38.7 Å². The summed E-state index contributed by atoms with van der Waals surface area (Å²) >= 11 is 6.88. The van der Waals surface area contributed by atoms with Crippen molar-refractivity contribution in [3.05, 3.63) is 92.4 Å². The molecule has 2 heterocycles. The number of rotatable bonds is 2.